The van der Waals surface area contributed by atoms with Crippen LogP contribution in [0.1, 0.15) is 20.9 Å². The Morgan fingerprint density at radius 1 is 1.36 bits per heavy atom. The van der Waals surface area contributed by atoms with E-state index in [2.05, 4.69) is 15.3 Å². The normalized spacial score (nSPS) is 10.1. The maximum atomic E-state index is 12.3. The highest BCUT2D eigenvalue weighted by Gasteiger charge is 2.13. The molecule has 0 aliphatic carbocycles. The number of hydrogen-bond acceptors (Lipinski definition) is 5. The lowest BCUT2D eigenvalue weighted by Gasteiger charge is -2.08. The smallest absolute Gasteiger partial charge is 0.274 e. The molecule has 22 heavy (non-hydrogen) atoms. The number of carbonyl (C=O) groups excluding carboxylic acids is 1. The van der Waals surface area contributed by atoms with E-state index >= 15 is 0 Å². The molecule has 108 valence electrons. The van der Waals surface area contributed by atoms with Crippen molar-refractivity contribution in [3.05, 3.63) is 65.2 Å². The summed E-state index contributed by atoms with van der Waals surface area (Å²) < 4.78 is 1.85. The quantitative estimate of drug-likeness (QED) is 0.802. The molecule has 1 amide bonds. The Balaban J connectivity index is 1.76. The molecular formula is C15H11N5OS. The molecule has 6 nitrogen and oxygen atoms in total. The summed E-state index contributed by atoms with van der Waals surface area (Å²) in [5.41, 5.74) is 1.59. The van der Waals surface area contributed by atoms with E-state index in [9.17, 15) is 4.79 Å². The number of aromatic nitrogens is 3. The number of pyridine rings is 1. The van der Waals surface area contributed by atoms with Crippen LogP contribution in [0.4, 0.5) is 5.13 Å². The summed E-state index contributed by atoms with van der Waals surface area (Å²) in [6.07, 6.45) is 6.73. The third kappa shape index (κ3) is 3.02. The van der Waals surface area contributed by atoms with Crippen LogP contribution in [0.2, 0.25) is 0 Å². The Bertz CT molecular complexity index is 831. The van der Waals surface area contributed by atoms with E-state index in [1.165, 1.54) is 6.20 Å². The fourth-order valence-electron chi connectivity index (χ4n) is 1.99. The van der Waals surface area contributed by atoms with Crippen LogP contribution in [-0.4, -0.2) is 20.4 Å². The third-order valence-electron chi connectivity index (χ3n) is 3.00. The lowest BCUT2D eigenvalue weighted by molar-refractivity contribution is 0.101. The first-order valence-corrected chi connectivity index (χ1v) is 7.29. The zero-order valence-corrected chi connectivity index (χ0v) is 12.2. The predicted molar refractivity (Wildman–Crippen MR) is 82.6 cm³/mol. The second-order valence-corrected chi connectivity index (χ2v) is 5.50. The van der Waals surface area contributed by atoms with Crippen LogP contribution in [0.25, 0.3) is 0 Å². The van der Waals surface area contributed by atoms with Crippen LogP contribution in [0.3, 0.4) is 0 Å². The molecule has 0 radical (unpaired) electrons. The minimum Gasteiger partial charge on any atom is -0.339 e. The average molecular weight is 309 g/mol. The summed E-state index contributed by atoms with van der Waals surface area (Å²) in [7, 11) is 0. The molecule has 7 heteroatoms. The molecule has 0 saturated heterocycles. The van der Waals surface area contributed by atoms with Gasteiger partial charge in [-0.15, -0.1) is 0 Å². The number of amides is 1. The van der Waals surface area contributed by atoms with Gasteiger partial charge in [0.1, 0.15) is 16.6 Å². The van der Waals surface area contributed by atoms with Gasteiger partial charge in [-0.1, -0.05) is 11.3 Å². The first kappa shape index (κ1) is 14.0. The average Bonchev–Trinajstić information content (AvgIpc) is 3.17. The summed E-state index contributed by atoms with van der Waals surface area (Å²) in [4.78, 5) is 20.8. The molecule has 0 spiro atoms. The lowest BCUT2D eigenvalue weighted by atomic mass is 10.2. The molecule has 1 N–H and O–H groups in total. The Labute approximate surface area is 130 Å². The summed E-state index contributed by atoms with van der Waals surface area (Å²) in [6, 6.07) is 9.37. The minimum absolute atomic E-state index is 0.252. The molecule has 3 aromatic heterocycles. The van der Waals surface area contributed by atoms with Crippen LogP contribution in [-0.2, 0) is 6.54 Å². The van der Waals surface area contributed by atoms with Gasteiger partial charge in [0.15, 0.2) is 5.13 Å². The van der Waals surface area contributed by atoms with Gasteiger partial charge in [-0.3, -0.25) is 15.1 Å². The van der Waals surface area contributed by atoms with Crippen LogP contribution in [0.15, 0.2) is 49.1 Å². The van der Waals surface area contributed by atoms with Crippen LogP contribution < -0.4 is 5.32 Å². The molecule has 0 aliphatic rings. The molecule has 0 unspecified atom stereocenters. The minimum atomic E-state index is -0.252. The number of thiazole rings is 1. The highest BCUT2D eigenvalue weighted by atomic mass is 32.1. The Hall–Kier alpha value is -2.98. The van der Waals surface area contributed by atoms with Crippen molar-refractivity contribution in [3.63, 3.8) is 0 Å². The largest absolute Gasteiger partial charge is 0.339 e. The van der Waals surface area contributed by atoms with E-state index in [1.807, 2.05) is 35.0 Å². The molecular weight excluding hydrogens is 298 g/mol. The van der Waals surface area contributed by atoms with Crippen molar-refractivity contribution in [1.29, 1.82) is 5.26 Å². The van der Waals surface area contributed by atoms with Crippen molar-refractivity contribution in [3.8, 4) is 6.07 Å². The van der Waals surface area contributed by atoms with E-state index in [0.29, 0.717) is 22.2 Å². The number of nitrogens with zero attached hydrogens (tertiary/aromatic N) is 4. The van der Waals surface area contributed by atoms with Crippen molar-refractivity contribution in [1.82, 2.24) is 14.5 Å². The number of rotatable bonds is 4. The Morgan fingerprint density at radius 3 is 2.91 bits per heavy atom. The van der Waals surface area contributed by atoms with E-state index < -0.39 is 0 Å². The van der Waals surface area contributed by atoms with Gasteiger partial charge in [0.25, 0.3) is 5.91 Å². The van der Waals surface area contributed by atoms with Crippen LogP contribution in [0, 0.1) is 11.3 Å². The van der Waals surface area contributed by atoms with E-state index in [1.54, 1.807) is 18.5 Å². The fraction of sp³-hybridized carbons (Fsp3) is 0.0667. The molecule has 0 fully saturated rings. The summed E-state index contributed by atoms with van der Waals surface area (Å²) in [6.45, 7) is 0.583. The van der Waals surface area contributed by atoms with E-state index in [-0.39, 0.29) is 5.91 Å². The summed E-state index contributed by atoms with van der Waals surface area (Å²) in [5, 5.41) is 11.9. The number of anilines is 1. The lowest BCUT2D eigenvalue weighted by Crippen LogP contribution is -2.17. The molecule has 0 saturated carbocycles. The third-order valence-corrected chi connectivity index (χ3v) is 3.82. The van der Waals surface area contributed by atoms with Crippen LogP contribution in [0.5, 0.6) is 0 Å². The van der Waals surface area contributed by atoms with Gasteiger partial charge in [-0.25, -0.2) is 4.98 Å². The molecule has 3 rings (SSSR count). The van der Waals surface area contributed by atoms with Crippen molar-refractivity contribution in [2.75, 3.05) is 5.32 Å². The zero-order valence-electron chi connectivity index (χ0n) is 11.4. The number of nitriles is 1. The molecule has 0 aliphatic heterocycles. The SMILES string of the molecule is N#Cc1cnc(NC(=O)c2cccn2Cc2ccncc2)s1. The molecule has 0 bridgehead atoms. The maximum Gasteiger partial charge on any atom is 0.274 e. The summed E-state index contributed by atoms with van der Waals surface area (Å²) in [5.74, 6) is -0.252. The highest BCUT2D eigenvalue weighted by molar-refractivity contribution is 7.16. The van der Waals surface area contributed by atoms with Gasteiger partial charge in [0.2, 0.25) is 0 Å². The number of carbonyl (C=O) groups is 1. The van der Waals surface area contributed by atoms with Crippen molar-refractivity contribution >= 4 is 22.4 Å². The van der Waals surface area contributed by atoms with Crippen LogP contribution >= 0.6 is 11.3 Å². The standard InChI is InChI=1S/C15H11N5OS/c16-8-12-9-18-15(22-12)19-14(21)13-2-1-7-20(13)10-11-3-5-17-6-4-11/h1-7,9H,10H2,(H,18,19,21). The highest BCUT2D eigenvalue weighted by Crippen LogP contribution is 2.18. The molecule has 3 heterocycles. The van der Waals surface area contributed by atoms with Gasteiger partial charge >= 0.3 is 0 Å². The predicted octanol–water partition coefficient (Wildman–Crippen LogP) is 2.51. The first-order chi connectivity index (χ1) is 10.8. The fourth-order valence-corrected chi connectivity index (χ4v) is 2.60. The Kier molecular flexibility index (Phi) is 3.94. The number of hydrogen-bond donors (Lipinski definition) is 1. The Morgan fingerprint density at radius 2 is 2.18 bits per heavy atom. The van der Waals surface area contributed by atoms with E-state index in [0.717, 1.165) is 16.9 Å². The second-order valence-electron chi connectivity index (χ2n) is 4.47. The van der Waals surface area contributed by atoms with Gasteiger partial charge in [0, 0.05) is 25.1 Å². The van der Waals surface area contributed by atoms with Gasteiger partial charge in [0.05, 0.1) is 6.20 Å². The van der Waals surface area contributed by atoms with Gasteiger partial charge in [-0.05, 0) is 29.8 Å². The maximum absolute atomic E-state index is 12.3. The van der Waals surface area contributed by atoms with Crippen molar-refractivity contribution in [2.24, 2.45) is 0 Å². The molecule has 0 aromatic carbocycles. The molecule has 3 aromatic rings. The van der Waals surface area contributed by atoms with E-state index in [4.69, 9.17) is 5.26 Å². The van der Waals surface area contributed by atoms with Gasteiger partial charge in [-0.2, -0.15) is 5.26 Å². The monoisotopic (exact) mass is 309 g/mol. The molecule has 0 atom stereocenters. The topological polar surface area (TPSA) is 83.6 Å². The van der Waals surface area contributed by atoms with Gasteiger partial charge < -0.3 is 4.57 Å². The van der Waals surface area contributed by atoms with Crippen molar-refractivity contribution in [2.45, 2.75) is 6.54 Å². The van der Waals surface area contributed by atoms with Crippen molar-refractivity contribution < 1.29 is 4.79 Å². The zero-order chi connectivity index (χ0) is 15.4. The number of nitrogens with one attached hydrogen (secondary N) is 1. The first-order valence-electron chi connectivity index (χ1n) is 6.47. The second kappa shape index (κ2) is 6.20. The summed E-state index contributed by atoms with van der Waals surface area (Å²) >= 11 is 1.15.